The Hall–Kier alpha value is -2.29. The average Bonchev–Trinajstić information content (AvgIpc) is 2.47. The number of nitrogens with one attached hydrogen (secondary N) is 1. The number of anilines is 1. The van der Waals surface area contributed by atoms with Gasteiger partial charge >= 0.3 is 0 Å². The summed E-state index contributed by atoms with van der Waals surface area (Å²) in [5, 5.41) is 29.4. The van der Waals surface area contributed by atoms with E-state index < -0.39 is 0 Å². The van der Waals surface area contributed by atoms with Crippen molar-refractivity contribution in [3.63, 3.8) is 0 Å². The molecule has 20 heavy (non-hydrogen) atoms. The van der Waals surface area contributed by atoms with Crippen LogP contribution in [-0.4, -0.2) is 0 Å². The molecule has 0 bridgehead atoms. The molecule has 0 saturated carbocycles. The molecule has 0 saturated heterocycles. The summed E-state index contributed by atoms with van der Waals surface area (Å²) < 4.78 is 0.800. The van der Waals surface area contributed by atoms with Crippen LogP contribution in [0, 0.1) is 34.0 Å². The van der Waals surface area contributed by atoms with E-state index in [9.17, 15) is 0 Å². The maximum Gasteiger partial charge on any atom is 0.163 e. The third-order valence-electron chi connectivity index (χ3n) is 2.70. The molecule has 5 heteroatoms. The Morgan fingerprint density at radius 2 is 1.90 bits per heavy atom. The molecule has 0 amide bonds. The van der Waals surface area contributed by atoms with Gasteiger partial charge in [-0.2, -0.15) is 15.8 Å². The molecule has 4 nitrogen and oxygen atoms in total. The number of hydrogen-bond donors (Lipinski definition) is 1. The lowest BCUT2D eigenvalue weighted by atomic mass is 10.1. The molecule has 0 fully saturated rings. The van der Waals surface area contributed by atoms with Gasteiger partial charge in [0.1, 0.15) is 23.9 Å². The highest BCUT2D eigenvalue weighted by Crippen LogP contribution is 2.26. The normalized spacial score (nSPS) is 8.95. The topological polar surface area (TPSA) is 83.4 Å². The summed E-state index contributed by atoms with van der Waals surface area (Å²) in [6.45, 7) is 2.14. The van der Waals surface area contributed by atoms with Gasteiger partial charge in [-0.05, 0) is 46.5 Å². The second-order valence-corrected chi connectivity index (χ2v) is 4.98. The standard InChI is InChI=1S/C15H13BrN4/c1-2-3-4-11-5-6-14(13(16)7-11)20-15(10-19)12(8-17)9-18/h5-7,20H,2-4H2,1H3. The Labute approximate surface area is 127 Å². The van der Waals surface area contributed by atoms with Crippen LogP contribution in [0.4, 0.5) is 5.69 Å². The van der Waals surface area contributed by atoms with Crippen LogP contribution in [0.25, 0.3) is 0 Å². The predicted molar refractivity (Wildman–Crippen MR) is 80.2 cm³/mol. The molecule has 0 aliphatic carbocycles. The Bertz CT molecular complexity index is 625. The zero-order valence-corrected chi connectivity index (χ0v) is 12.7. The van der Waals surface area contributed by atoms with E-state index in [1.807, 2.05) is 24.3 Å². The first kappa shape index (κ1) is 15.8. The van der Waals surface area contributed by atoms with Gasteiger partial charge in [0.15, 0.2) is 5.57 Å². The quantitative estimate of drug-likeness (QED) is 0.827. The van der Waals surface area contributed by atoms with Crippen LogP contribution in [0.3, 0.4) is 0 Å². The third kappa shape index (κ3) is 4.12. The number of rotatable bonds is 5. The Morgan fingerprint density at radius 3 is 2.40 bits per heavy atom. The van der Waals surface area contributed by atoms with E-state index in [0.717, 1.165) is 23.7 Å². The molecule has 0 aliphatic heterocycles. The minimum Gasteiger partial charge on any atom is -0.344 e. The highest BCUT2D eigenvalue weighted by Gasteiger charge is 2.08. The van der Waals surface area contributed by atoms with Crippen molar-refractivity contribution in [2.45, 2.75) is 26.2 Å². The van der Waals surface area contributed by atoms with Crippen LogP contribution in [0.2, 0.25) is 0 Å². The molecule has 1 aromatic carbocycles. The summed E-state index contributed by atoms with van der Waals surface area (Å²) in [6, 6.07) is 11.0. The van der Waals surface area contributed by atoms with Gasteiger partial charge in [0.2, 0.25) is 0 Å². The monoisotopic (exact) mass is 328 g/mol. The highest BCUT2D eigenvalue weighted by molar-refractivity contribution is 9.10. The van der Waals surface area contributed by atoms with Gasteiger partial charge in [0.05, 0.1) is 5.69 Å². The number of nitrogens with zero attached hydrogens (tertiary/aromatic N) is 3. The van der Waals surface area contributed by atoms with Gasteiger partial charge in [0.25, 0.3) is 0 Å². The van der Waals surface area contributed by atoms with E-state index in [0.29, 0.717) is 5.69 Å². The van der Waals surface area contributed by atoms with Crippen molar-refractivity contribution in [3.8, 4) is 18.2 Å². The zero-order valence-electron chi connectivity index (χ0n) is 11.1. The van der Waals surface area contributed by atoms with Crippen molar-refractivity contribution in [2.24, 2.45) is 0 Å². The van der Waals surface area contributed by atoms with Gasteiger partial charge in [-0.3, -0.25) is 0 Å². The molecule has 0 spiro atoms. The number of halogens is 1. The average molecular weight is 329 g/mol. The van der Waals surface area contributed by atoms with Gasteiger partial charge in [0, 0.05) is 4.47 Å². The molecule has 0 radical (unpaired) electrons. The summed E-state index contributed by atoms with van der Waals surface area (Å²) in [5.41, 5.74) is 1.59. The predicted octanol–water partition coefficient (Wildman–Crippen LogP) is 4.03. The minimum absolute atomic E-state index is 0.0444. The molecule has 100 valence electrons. The van der Waals surface area contributed by atoms with Crippen LogP contribution in [0.15, 0.2) is 33.9 Å². The number of aryl methyl sites for hydroxylation is 1. The van der Waals surface area contributed by atoms with Crippen molar-refractivity contribution in [1.82, 2.24) is 0 Å². The lowest BCUT2D eigenvalue weighted by Crippen LogP contribution is -2.01. The maximum absolute atomic E-state index is 8.99. The smallest absolute Gasteiger partial charge is 0.163 e. The summed E-state index contributed by atoms with van der Waals surface area (Å²) in [4.78, 5) is 0. The first-order chi connectivity index (χ1) is 9.65. The van der Waals surface area contributed by atoms with Crippen LogP contribution in [0.1, 0.15) is 25.3 Å². The van der Waals surface area contributed by atoms with Crippen molar-refractivity contribution in [1.29, 1.82) is 15.8 Å². The van der Waals surface area contributed by atoms with E-state index in [2.05, 4.69) is 28.2 Å². The van der Waals surface area contributed by atoms with E-state index in [1.54, 1.807) is 12.1 Å². The van der Waals surface area contributed by atoms with Crippen molar-refractivity contribution in [3.05, 3.63) is 39.5 Å². The maximum atomic E-state index is 8.99. The van der Waals surface area contributed by atoms with E-state index >= 15 is 0 Å². The molecule has 0 atom stereocenters. The van der Waals surface area contributed by atoms with Gasteiger partial charge in [-0.25, -0.2) is 0 Å². The number of benzene rings is 1. The van der Waals surface area contributed by atoms with E-state index in [-0.39, 0.29) is 11.3 Å². The Kier molecular flexibility index (Phi) is 6.30. The summed E-state index contributed by atoms with van der Waals surface area (Å²) in [7, 11) is 0. The van der Waals surface area contributed by atoms with Crippen molar-refractivity contribution in [2.75, 3.05) is 5.32 Å². The third-order valence-corrected chi connectivity index (χ3v) is 3.35. The van der Waals surface area contributed by atoms with E-state index in [4.69, 9.17) is 15.8 Å². The molecule has 1 rings (SSSR count). The molecule has 0 unspecified atom stereocenters. The fraction of sp³-hybridized carbons (Fsp3) is 0.267. The van der Waals surface area contributed by atoms with Crippen LogP contribution in [-0.2, 0) is 6.42 Å². The molecule has 1 aromatic rings. The number of hydrogen-bond acceptors (Lipinski definition) is 4. The fourth-order valence-corrected chi connectivity index (χ4v) is 2.14. The SMILES string of the molecule is CCCCc1ccc(NC(C#N)=C(C#N)C#N)c(Br)c1. The number of nitriles is 3. The second-order valence-electron chi connectivity index (χ2n) is 4.13. The fourth-order valence-electron chi connectivity index (χ4n) is 1.61. The molecule has 0 heterocycles. The number of allylic oxidation sites excluding steroid dienone is 2. The van der Waals surface area contributed by atoms with Crippen molar-refractivity contribution >= 4 is 21.6 Å². The summed E-state index contributed by atoms with van der Waals surface area (Å²) in [6.07, 6.45) is 3.25. The van der Waals surface area contributed by atoms with E-state index in [1.165, 1.54) is 5.56 Å². The second kappa shape index (κ2) is 8.00. The lowest BCUT2D eigenvalue weighted by molar-refractivity contribution is 0.795. The first-order valence-electron chi connectivity index (χ1n) is 6.16. The molecule has 1 N–H and O–H groups in total. The molecule has 0 aliphatic rings. The number of unbranched alkanes of at least 4 members (excludes halogenated alkanes) is 1. The van der Waals surface area contributed by atoms with Gasteiger partial charge in [-0.15, -0.1) is 0 Å². The first-order valence-corrected chi connectivity index (χ1v) is 6.95. The largest absolute Gasteiger partial charge is 0.344 e. The summed E-state index contributed by atoms with van der Waals surface area (Å²) in [5.74, 6) is 0. The van der Waals surface area contributed by atoms with Gasteiger partial charge < -0.3 is 5.32 Å². The summed E-state index contributed by atoms with van der Waals surface area (Å²) >= 11 is 3.43. The lowest BCUT2D eigenvalue weighted by Gasteiger charge is -2.09. The van der Waals surface area contributed by atoms with Crippen LogP contribution in [0.5, 0.6) is 0 Å². The zero-order chi connectivity index (χ0) is 15.0. The van der Waals surface area contributed by atoms with Crippen molar-refractivity contribution < 1.29 is 0 Å². The van der Waals surface area contributed by atoms with Crippen LogP contribution >= 0.6 is 15.9 Å². The Balaban J connectivity index is 3.00. The molecule has 0 aromatic heterocycles. The van der Waals surface area contributed by atoms with Gasteiger partial charge in [-0.1, -0.05) is 19.4 Å². The minimum atomic E-state index is -0.227. The van der Waals surface area contributed by atoms with Crippen LogP contribution < -0.4 is 5.32 Å². The Morgan fingerprint density at radius 1 is 1.20 bits per heavy atom. The molecular weight excluding hydrogens is 316 g/mol. The highest BCUT2D eigenvalue weighted by atomic mass is 79.9. The molecular formula is C15H13BrN4.